The fraction of sp³-hybridized carbons (Fsp3) is 0.0769. The lowest BCUT2D eigenvalue weighted by Crippen LogP contribution is -2.16. The summed E-state index contributed by atoms with van der Waals surface area (Å²) in [5.41, 5.74) is 0.281. The standard InChI is InChI=1S/C13H11NO4/c1-18-11-6-5-9(8-10(11)13(16)17)14-7-3-2-4-12(14)15/h2-8H,1H3,(H,16,17). The van der Waals surface area contributed by atoms with Crippen LogP contribution in [0.5, 0.6) is 5.75 Å². The number of rotatable bonds is 3. The van der Waals surface area contributed by atoms with Crippen molar-refractivity contribution in [2.75, 3.05) is 7.11 Å². The molecule has 0 unspecified atom stereocenters. The van der Waals surface area contributed by atoms with Gasteiger partial charge in [0.15, 0.2) is 0 Å². The van der Waals surface area contributed by atoms with Crippen LogP contribution in [-0.2, 0) is 0 Å². The number of benzene rings is 1. The maximum Gasteiger partial charge on any atom is 0.339 e. The molecule has 2 aromatic rings. The van der Waals surface area contributed by atoms with Crippen molar-refractivity contribution in [2.24, 2.45) is 0 Å². The van der Waals surface area contributed by atoms with Crippen molar-refractivity contribution in [1.82, 2.24) is 4.57 Å². The molecule has 5 nitrogen and oxygen atoms in total. The predicted octanol–water partition coefficient (Wildman–Crippen LogP) is 1.54. The number of ether oxygens (including phenoxy) is 1. The number of methoxy groups -OCH3 is 1. The summed E-state index contributed by atoms with van der Waals surface area (Å²) >= 11 is 0. The van der Waals surface area contributed by atoms with Crippen LogP contribution in [0.4, 0.5) is 0 Å². The summed E-state index contributed by atoms with van der Waals surface area (Å²) in [4.78, 5) is 22.7. The molecule has 0 spiro atoms. The van der Waals surface area contributed by atoms with Crippen molar-refractivity contribution in [3.63, 3.8) is 0 Å². The van der Waals surface area contributed by atoms with Crippen LogP contribution < -0.4 is 10.3 Å². The second-order valence-electron chi connectivity index (χ2n) is 3.60. The monoisotopic (exact) mass is 245 g/mol. The first-order valence-electron chi connectivity index (χ1n) is 5.23. The highest BCUT2D eigenvalue weighted by Crippen LogP contribution is 2.21. The molecule has 0 aliphatic heterocycles. The van der Waals surface area contributed by atoms with E-state index in [2.05, 4.69) is 0 Å². The normalized spacial score (nSPS) is 10.1. The number of carboxylic acid groups (broad SMARTS) is 1. The number of nitrogens with zero attached hydrogens (tertiary/aromatic N) is 1. The van der Waals surface area contributed by atoms with E-state index in [0.717, 1.165) is 0 Å². The smallest absolute Gasteiger partial charge is 0.339 e. The zero-order chi connectivity index (χ0) is 13.1. The Labute approximate surface area is 103 Å². The molecule has 0 saturated heterocycles. The molecule has 1 aromatic heterocycles. The Hall–Kier alpha value is -2.56. The Morgan fingerprint density at radius 1 is 1.28 bits per heavy atom. The number of hydrogen-bond donors (Lipinski definition) is 1. The van der Waals surface area contributed by atoms with Gasteiger partial charge in [0, 0.05) is 18.0 Å². The number of aromatic carboxylic acids is 1. The van der Waals surface area contributed by atoms with Gasteiger partial charge >= 0.3 is 5.97 Å². The van der Waals surface area contributed by atoms with Crippen LogP contribution in [0, 0.1) is 0 Å². The van der Waals surface area contributed by atoms with Gasteiger partial charge in [-0.25, -0.2) is 4.79 Å². The molecular formula is C13H11NO4. The van der Waals surface area contributed by atoms with Gasteiger partial charge in [0.25, 0.3) is 5.56 Å². The van der Waals surface area contributed by atoms with Gasteiger partial charge in [-0.3, -0.25) is 9.36 Å². The largest absolute Gasteiger partial charge is 0.496 e. The lowest BCUT2D eigenvalue weighted by atomic mass is 10.1. The van der Waals surface area contributed by atoms with Crippen LogP contribution in [-0.4, -0.2) is 22.8 Å². The van der Waals surface area contributed by atoms with E-state index in [1.807, 2.05) is 0 Å². The minimum atomic E-state index is -1.10. The topological polar surface area (TPSA) is 68.5 Å². The van der Waals surface area contributed by atoms with E-state index in [4.69, 9.17) is 9.84 Å². The van der Waals surface area contributed by atoms with E-state index in [0.29, 0.717) is 5.69 Å². The van der Waals surface area contributed by atoms with Gasteiger partial charge in [-0.15, -0.1) is 0 Å². The Morgan fingerprint density at radius 3 is 2.67 bits per heavy atom. The second-order valence-corrected chi connectivity index (χ2v) is 3.60. The van der Waals surface area contributed by atoms with Gasteiger partial charge in [0.05, 0.1) is 7.11 Å². The Balaban J connectivity index is 2.61. The van der Waals surface area contributed by atoms with Gasteiger partial charge in [0.2, 0.25) is 0 Å². The van der Waals surface area contributed by atoms with Crippen molar-refractivity contribution in [3.8, 4) is 11.4 Å². The molecule has 0 bridgehead atoms. The molecule has 1 N–H and O–H groups in total. The second kappa shape index (κ2) is 4.75. The highest BCUT2D eigenvalue weighted by atomic mass is 16.5. The van der Waals surface area contributed by atoms with Crippen molar-refractivity contribution in [3.05, 3.63) is 58.5 Å². The zero-order valence-corrected chi connectivity index (χ0v) is 9.66. The summed E-state index contributed by atoms with van der Waals surface area (Å²) < 4.78 is 6.33. The highest BCUT2D eigenvalue weighted by Gasteiger charge is 2.12. The van der Waals surface area contributed by atoms with Crippen LogP contribution in [0.1, 0.15) is 10.4 Å². The molecule has 1 heterocycles. The number of pyridine rings is 1. The summed E-state index contributed by atoms with van der Waals surface area (Å²) in [6.07, 6.45) is 1.58. The van der Waals surface area contributed by atoms with E-state index in [1.54, 1.807) is 24.4 Å². The van der Waals surface area contributed by atoms with E-state index >= 15 is 0 Å². The Morgan fingerprint density at radius 2 is 2.06 bits per heavy atom. The van der Waals surface area contributed by atoms with E-state index in [9.17, 15) is 9.59 Å². The van der Waals surface area contributed by atoms with E-state index in [1.165, 1.54) is 29.9 Å². The third-order valence-electron chi connectivity index (χ3n) is 2.51. The average molecular weight is 245 g/mol. The van der Waals surface area contributed by atoms with Gasteiger partial charge < -0.3 is 9.84 Å². The SMILES string of the molecule is COc1ccc(-n2ccccc2=O)cc1C(=O)O. The minimum absolute atomic E-state index is 0.0192. The van der Waals surface area contributed by atoms with Crippen LogP contribution in [0.2, 0.25) is 0 Å². The summed E-state index contributed by atoms with van der Waals surface area (Å²) in [6.45, 7) is 0. The van der Waals surface area contributed by atoms with Crippen molar-refractivity contribution in [1.29, 1.82) is 0 Å². The minimum Gasteiger partial charge on any atom is -0.496 e. The third kappa shape index (κ3) is 2.10. The first-order valence-corrected chi connectivity index (χ1v) is 5.23. The van der Waals surface area contributed by atoms with Gasteiger partial charge in [-0.1, -0.05) is 6.07 Å². The zero-order valence-electron chi connectivity index (χ0n) is 9.66. The van der Waals surface area contributed by atoms with Crippen LogP contribution in [0.25, 0.3) is 5.69 Å². The molecule has 0 atom stereocenters. The molecule has 0 fully saturated rings. The van der Waals surface area contributed by atoms with Crippen LogP contribution >= 0.6 is 0 Å². The van der Waals surface area contributed by atoms with Gasteiger partial charge in [-0.2, -0.15) is 0 Å². The lowest BCUT2D eigenvalue weighted by molar-refractivity contribution is 0.0693. The Bertz CT molecular complexity index is 645. The first-order chi connectivity index (χ1) is 8.63. The lowest BCUT2D eigenvalue weighted by Gasteiger charge is -2.09. The number of aromatic nitrogens is 1. The fourth-order valence-electron chi connectivity index (χ4n) is 1.65. The molecule has 2 rings (SSSR count). The van der Waals surface area contributed by atoms with Crippen molar-refractivity contribution < 1.29 is 14.6 Å². The van der Waals surface area contributed by atoms with Gasteiger partial charge in [0.1, 0.15) is 11.3 Å². The summed E-state index contributed by atoms with van der Waals surface area (Å²) in [5, 5.41) is 9.07. The molecule has 0 radical (unpaired) electrons. The summed E-state index contributed by atoms with van der Waals surface area (Å²) in [6, 6.07) is 9.30. The maximum atomic E-state index is 11.6. The molecular weight excluding hydrogens is 234 g/mol. The van der Waals surface area contributed by atoms with Gasteiger partial charge in [-0.05, 0) is 24.3 Å². The molecule has 0 amide bonds. The van der Waals surface area contributed by atoms with Crippen LogP contribution in [0.15, 0.2) is 47.4 Å². The number of hydrogen-bond acceptors (Lipinski definition) is 3. The fourth-order valence-corrected chi connectivity index (χ4v) is 1.65. The quantitative estimate of drug-likeness (QED) is 0.890. The highest BCUT2D eigenvalue weighted by molar-refractivity contribution is 5.91. The number of carboxylic acids is 1. The van der Waals surface area contributed by atoms with E-state index < -0.39 is 5.97 Å². The molecule has 18 heavy (non-hydrogen) atoms. The summed E-state index contributed by atoms with van der Waals surface area (Å²) in [7, 11) is 1.40. The first kappa shape index (κ1) is 11.9. The van der Waals surface area contributed by atoms with Crippen molar-refractivity contribution in [2.45, 2.75) is 0 Å². The predicted molar refractivity (Wildman–Crippen MR) is 65.6 cm³/mol. The Kier molecular flexibility index (Phi) is 3.14. The average Bonchev–Trinajstić information content (AvgIpc) is 2.38. The number of carbonyl (C=O) groups is 1. The van der Waals surface area contributed by atoms with Crippen LogP contribution in [0.3, 0.4) is 0 Å². The van der Waals surface area contributed by atoms with Crippen molar-refractivity contribution >= 4 is 5.97 Å². The van der Waals surface area contributed by atoms with E-state index in [-0.39, 0.29) is 16.9 Å². The molecule has 0 aliphatic rings. The summed E-state index contributed by atoms with van der Waals surface area (Å²) in [5.74, 6) is -0.840. The molecule has 1 aromatic carbocycles. The molecule has 0 saturated carbocycles. The third-order valence-corrected chi connectivity index (χ3v) is 2.51. The molecule has 5 heteroatoms. The maximum absolute atomic E-state index is 11.6. The molecule has 0 aliphatic carbocycles. The molecule has 92 valence electrons.